The smallest absolute Gasteiger partial charge is 0.335 e. The van der Waals surface area contributed by atoms with Gasteiger partial charge in [-0.05, 0) is 24.6 Å². The number of rotatable bonds is 7. The Labute approximate surface area is 128 Å². The van der Waals surface area contributed by atoms with Crippen LogP contribution < -0.4 is 10.6 Å². The first-order valence-electron chi connectivity index (χ1n) is 6.47. The highest BCUT2D eigenvalue weighted by atomic mass is 35.5. The fourth-order valence-corrected chi connectivity index (χ4v) is 1.85. The number of carbonyl (C=O) groups is 2. The molecule has 0 fully saturated rings. The third-order valence-corrected chi connectivity index (χ3v) is 3.23. The molecule has 0 saturated heterocycles. The van der Waals surface area contributed by atoms with Gasteiger partial charge in [-0.25, -0.2) is 4.79 Å². The molecule has 0 aromatic heterocycles. The van der Waals surface area contributed by atoms with Crippen molar-refractivity contribution in [3.8, 4) is 12.3 Å². The van der Waals surface area contributed by atoms with Gasteiger partial charge in [0.05, 0.1) is 22.8 Å². The fraction of sp³-hybridized carbons (Fsp3) is 0.333. The number of carboxylic acids is 1. The molecule has 0 aliphatic carbocycles. The summed E-state index contributed by atoms with van der Waals surface area (Å²) in [5.41, 5.74) is 0.329. The molecule has 1 aromatic rings. The number of amides is 1. The number of nitrogens with one attached hydrogen (secondary N) is 2. The molecule has 0 aliphatic rings. The summed E-state index contributed by atoms with van der Waals surface area (Å²) in [5.74, 6) is 1.15. The van der Waals surface area contributed by atoms with Crippen molar-refractivity contribution in [1.29, 1.82) is 0 Å². The minimum absolute atomic E-state index is 0.0569. The molecular formula is C15H17ClN2O3. The van der Waals surface area contributed by atoms with Gasteiger partial charge in [0, 0.05) is 12.5 Å². The van der Waals surface area contributed by atoms with E-state index in [0.717, 1.165) is 6.42 Å². The Balaban J connectivity index is 2.64. The van der Waals surface area contributed by atoms with Crippen molar-refractivity contribution in [3.05, 3.63) is 28.8 Å². The molecule has 1 amide bonds. The second-order valence-corrected chi connectivity index (χ2v) is 4.85. The third-order valence-electron chi connectivity index (χ3n) is 2.90. The van der Waals surface area contributed by atoms with Gasteiger partial charge in [0.25, 0.3) is 0 Å². The predicted octanol–water partition coefficient (Wildman–Crippen LogP) is 2.37. The van der Waals surface area contributed by atoms with Crippen LogP contribution in [0, 0.1) is 12.3 Å². The molecule has 3 N–H and O–H groups in total. The molecule has 1 atom stereocenters. The molecule has 6 heteroatoms. The summed E-state index contributed by atoms with van der Waals surface area (Å²) in [6, 6.07) is 4.20. The summed E-state index contributed by atoms with van der Waals surface area (Å²) in [6.45, 7) is 2.05. The van der Waals surface area contributed by atoms with Crippen LogP contribution in [0.5, 0.6) is 0 Å². The molecule has 112 valence electrons. The van der Waals surface area contributed by atoms with E-state index in [1.54, 1.807) is 0 Å². The van der Waals surface area contributed by atoms with Crippen molar-refractivity contribution >= 4 is 29.2 Å². The van der Waals surface area contributed by atoms with E-state index in [-0.39, 0.29) is 34.8 Å². The molecule has 0 radical (unpaired) electrons. The predicted molar refractivity (Wildman–Crippen MR) is 82.6 cm³/mol. The highest BCUT2D eigenvalue weighted by molar-refractivity contribution is 6.33. The monoisotopic (exact) mass is 308 g/mol. The van der Waals surface area contributed by atoms with Gasteiger partial charge in [-0.1, -0.05) is 18.5 Å². The van der Waals surface area contributed by atoms with E-state index in [0.29, 0.717) is 6.42 Å². The van der Waals surface area contributed by atoms with E-state index in [1.807, 2.05) is 6.92 Å². The van der Waals surface area contributed by atoms with Crippen LogP contribution in [0.2, 0.25) is 5.02 Å². The van der Waals surface area contributed by atoms with E-state index in [1.165, 1.54) is 18.2 Å². The van der Waals surface area contributed by atoms with Crippen LogP contribution in [-0.4, -0.2) is 29.6 Å². The average molecular weight is 309 g/mol. The van der Waals surface area contributed by atoms with Gasteiger partial charge in [0.1, 0.15) is 0 Å². The van der Waals surface area contributed by atoms with Crippen LogP contribution in [0.15, 0.2) is 18.2 Å². The van der Waals surface area contributed by atoms with E-state index < -0.39 is 5.97 Å². The highest BCUT2D eigenvalue weighted by Crippen LogP contribution is 2.23. The number of aromatic carboxylic acids is 1. The van der Waals surface area contributed by atoms with E-state index in [9.17, 15) is 9.59 Å². The number of carbonyl (C=O) groups excluding carboxylic acids is 1. The Bertz CT molecular complexity index is 567. The van der Waals surface area contributed by atoms with Crippen LogP contribution in [-0.2, 0) is 4.79 Å². The average Bonchev–Trinajstić information content (AvgIpc) is 2.45. The largest absolute Gasteiger partial charge is 0.478 e. The standard InChI is InChI=1S/C15H17ClN2O3/c1-3-5-11(4-2)17-9-14(19)18-13-8-10(15(20)21)6-7-12(13)16/h1,6-8,11,17H,4-5,9H2,2H3,(H,18,19)(H,20,21). The van der Waals surface area contributed by atoms with Crippen molar-refractivity contribution < 1.29 is 14.7 Å². The van der Waals surface area contributed by atoms with Gasteiger partial charge < -0.3 is 15.7 Å². The van der Waals surface area contributed by atoms with Crippen LogP contribution in [0.4, 0.5) is 5.69 Å². The molecule has 1 unspecified atom stereocenters. The zero-order valence-corrected chi connectivity index (χ0v) is 12.4. The number of anilines is 1. The molecule has 0 heterocycles. The van der Waals surface area contributed by atoms with Crippen molar-refractivity contribution in [1.82, 2.24) is 5.32 Å². The Morgan fingerprint density at radius 2 is 2.19 bits per heavy atom. The summed E-state index contributed by atoms with van der Waals surface area (Å²) in [5, 5.41) is 14.8. The number of halogens is 1. The summed E-state index contributed by atoms with van der Waals surface area (Å²) >= 11 is 5.93. The summed E-state index contributed by atoms with van der Waals surface area (Å²) in [7, 11) is 0. The maximum Gasteiger partial charge on any atom is 0.335 e. The van der Waals surface area contributed by atoms with Crippen molar-refractivity contribution in [3.63, 3.8) is 0 Å². The molecule has 0 bridgehead atoms. The molecule has 0 aliphatic heterocycles. The van der Waals surface area contributed by atoms with E-state index in [2.05, 4.69) is 16.6 Å². The number of hydrogen-bond donors (Lipinski definition) is 3. The lowest BCUT2D eigenvalue weighted by molar-refractivity contribution is -0.115. The first-order chi connectivity index (χ1) is 9.97. The van der Waals surface area contributed by atoms with E-state index >= 15 is 0 Å². The lowest BCUT2D eigenvalue weighted by atomic mass is 10.1. The van der Waals surface area contributed by atoms with Gasteiger partial charge in [-0.15, -0.1) is 12.3 Å². The maximum atomic E-state index is 11.8. The van der Waals surface area contributed by atoms with Crippen molar-refractivity contribution in [2.45, 2.75) is 25.8 Å². The Morgan fingerprint density at radius 1 is 1.48 bits per heavy atom. The lowest BCUT2D eigenvalue weighted by Gasteiger charge is -2.14. The fourth-order valence-electron chi connectivity index (χ4n) is 1.69. The number of terminal acetylenes is 1. The minimum Gasteiger partial charge on any atom is -0.478 e. The SMILES string of the molecule is C#CCC(CC)NCC(=O)Nc1cc(C(=O)O)ccc1Cl. The molecular weight excluding hydrogens is 292 g/mol. The Hall–Kier alpha value is -2.03. The second kappa shape index (κ2) is 8.30. The molecule has 1 rings (SSSR count). The molecule has 1 aromatic carbocycles. The van der Waals surface area contributed by atoms with Gasteiger partial charge in [-0.3, -0.25) is 4.79 Å². The molecule has 5 nitrogen and oxygen atoms in total. The zero-order valence-electron chi connectivity index (χ0n) is 11.6. The summed E-state index contributed by atoms with van der Waals surface area (Å²) < 4.78 is 0. The third kappa shape index (κ3) is 5.46. The first-order valence-corrected chi connectivity index (χ1v) is 6.85. The number of benzene rings is 1. The van der Waals surface area contributed by atoms with Crippen LogP contribution in [0.3, 0.4) is 0 Å². The Kier molecular flexibility index (Phi) is 6.73. The maximum absolute atomic E-state index is 11.8. The minimum atomic E-state index is -1.08. The summed E-state index contributed by atoms with van der Waals surface area (Å²) in [6.07, 6.45) is 6.59. The van der Waals surface area contributed by atoms with Crippen molar-refractivity contribution in [2.24, 2.45) is 0 Å². The molecule has 0 saturated carbocycles. The number of carboxylic acid groups (broad SMARTS) is 1. The Morgan fingerprint density at radius 3 is 2.76 bits per heavy atom. The number of hydrogen-bond acceptors (Lipinski definition) is 3. The van der Waals surface area contributed by atoms with Gasteiger partial charge in [0.2, 0.25) is 5.91 Å². The normalized spacial score (nSPS) is 11.5. The van der Waals surface area contributed by atoms with Gasteiger partial charge in [-0.2, -0.15) is 0 Å². The first kappa shape index (κ1) is 17.0. The van der Waals surface area contributed by atoms with Crippen molar-refractivity contribution in [2.75, 3.05) is 11.9 Å². The highest BCUT2D eigenvalue weighted by Gasteiger charge is 2.11. The molecule has 21 heavy (non-hydrogen) atoms. The van der Waals surface area contributed by atoms with Gasteiger partial charge in [0.15, 0.2) is 0 Å². The second-order valence-electron chi connectivity index (χ2n) is 4.44. The van der Waals surface area contributed by atoms with Crippen LogP contribution >= 0.6 is 11.6 Å². The topological polar surface area (TPSA) is 78.4 Å². The lowest BCUT2D eigenvalue weighted by Crippen LogP contribution is -2.35. The van der Waals surface area contributed by atoms with E-state index in [4.69, 9.17) is 23.1 Å². The van der Waals surface area contributed by atoms with Crippen LogP contribution in [0.25, 0.3) is 0 Å². The van der Waals surface area contributed by atoms with Crippen LogP contribution in [0.1, 0.15) is 30.1 Å². The summed E-state index contributed by atoms with van der Waals surface area (Å²) in [4.78, 5) is 22.7. The van der Waals surface area contributed by atoms with Gasteiger partial charge >= 0.3 is 5.97 Å². The zero-order chi connectivity index (χ0) is 15.8. The molecule has 0 spiro atoms. The quantitative estimate of drug-likeness (QED) is 0.676.